The third kappa shape index (κ3) is 3.86. The van der Waals surface area contributed by atoms with Crippen molar-refractivity contribution in [1.82, 2.24) is 19.7 Å². The predicted octanol–water partition coefficient (Wildman–Crippen LogP) is 4.25. The van der Waals surface area contributed by atoms with Crippen molar-refractivity contribution in [1.29, 1.82) is 0 Å². The number of H-pyrrole nitrogens is 1. The summed E-state index contributed by atoms with van der Waals surface area (Å²) in [5.74, 6) is 0.692. The first-order valence-electron chi connectivity index (χ1n) is 9.43. The van der Waals surface area contributed by atoms with Crippen molar-refractivity contribution in [3.8, 4) is 22.8 Å². The maximum Gasteiger partial charge on any atom is 0.328 e. The number of unbranched alkanes of at least 4 members (excludes halogenated alkanes) is 2. The average molecular weight is 411 g/mol. The lowest BCUT2D eigenvalue weighted by molar-refractivity contribution is 0.432. The summed E-state index contributed by atoms with van der Waals surface area (Å²) in [5.41, 5.74) is 1.07. The number of nitrogens with zero attached hydrogens (tertiary/aromatic N) is 3. The van der Waals surface area contributed by atoms with Gasteiger partial charge in [0, 0.05) is 22.7 Å². The molecule has 0 fully saturated rings. The Hall–Kier alpha value is -3.19. The normalized spacial score (nSPS) is 11.2. The first-order chi connectivity index (χ1) is 14.1. The number of rotatable bonds is 6. The molecule has 0 atom stereocenters. The largest absolute Gasteiger partial charge is 0.334 e. The second kappa shape index (κ2) is 8.05. The van der Waals surface area contributed by atoms with Crippen LogP contribution in [0.5, 0.6) is 0 Å². The van der Waals surface area contributed by atoms with Crippen molar-refractivity contribution >= 4 is 22.5 Å². The van der Waals surface area contributed by atoms with E-state index in [-0.39, 0.29) is 11.4 Å². The Kier molecular flexibility index (Phi) is 5.31. The van der Waals surface area contributed by atoms with Crippen LogP contribution in [0, 0.1) is 0 Å². The summed E-state index contributed by atoms with van der Waals surface area (Å²) in [6.07, 6.45) is 2.78. The van der Waals surface area contributed by atoms with Gasteiger partial charge < -0.3 is 9.51 Å². The van der Waals surface area contributed by atoms with Crippen LogP contribution in [0.2, 0.25) is 5.02 Å². The average Bonchev–Trinajstić information content (AvgIpc) is 3.20. The molecule has 0 spiro atoms. The van der Waals surface area contributed by atoms with E-state index >= 15 is 0 Å². The number of benzene rings is 2. The Labute approximate surface area is 171 Å². The van der Waals surface area contributed by atoms with Crippen LogP contribution in [0.15, 0.2) is 56.6 Å². The summed E-state index contributed by atoms with van der Waals surface area (Å²) in [7, 11) is 0. The van der Waals surface area contributed by atoms with E-state index in [9.17, 15) is 9.59 Å². The number of nitrogens with one attached hydrogen (secondary N) is 1. The molecule has 0 saturated heterocycles. The van der Waals surface area contributed by atoms with E-state index in [1.165, 1.54) is 4.57 Å². The molecule has 148 valence electrons. The minimum atomic E-state index is -0.416. The van der Waals surface area contributed by atoms with Gasteiger partial charge in [-0.1, -0.05) is 48.7 Å². The van der Waals surface area contributed by atoms with Crippen molar-refractivity contribution in [2.45, 2.75) is 32.7 Å². The first kappa shape index (κ1) is 19.1. The number of hydrogen-bond donors (Lipinski definition) is 1. The number of aromatic amines is 1. The van der Waals surface area contributed by atoms with Crippen LogP contribution in [0.3, 0.4) is 0 Å². The number of fused-ring (bicyclic) bond motifs is 1. The molecule has 0 aliphatic carbocycles. The van der Waals surface area contributed by atoms with Gasteiger partial charge in [-0.3, -0.25) is 9.36 Å². The highest BCUT2D eigenvalue weighted by atomic mass is 35.5. The summed E-state index contributed by atoms with van der Waals surface area (Å²) < 4.78 is 6.62. The van der Waals surface area contributed by atoms with E-state index in [2.05, 4.69) is 22.0 Å². The van der Waals surface area contributed by atoms with Gasteiger partial charge in [-0.2, -0.15) is 4.98 Å². The quantitative estimate of drug-likeness (QED) is 0.479. The van der Waals surface area contributed by atoms with Crippen molar-refractivity contribution in [2.75, 3.05) is 0 Å². The van der Waals surface area contributed by atoms with Gasteiger partial charge >= 0.3 is 5.69 Å². The minimum absolute atomic E-state index is 0.287. The molecule has 4 rings (SSSR count). The third-order valence-corrected chi connectivity index (χ3v) is 4.96. The van der Waals surface area contributed by atoms with Crippen LogP contribution >= 0.6 is 11.6 Å². The van der Waals surface area contributed by atoms with Gasteiger partial charge in [-0.25, -0.2) is 4.79 Å². The van der Waals surface area contributed by atoms with E-state index in [0.29, 0.717) is 33.9 Å². The van der Waals surface area contributed by atoms with Crippen LogP contribution in [0.1, 0.15) is 26.2 Å². The molecule has 0 radical (unpaired) electrons. The van der Waals surface area contributed by atoms with Crippen LogP contribution < -0.4 is 11.2 Å². The van der Waals surface area contributed by atoms with Crippen LogP contribution in [0.4, 0.5) is 0 Å². The van der Waals surface area contributed by atoms with Gasteiger partial charge in [-0.05, 0) is 36.8 Å². The fourth-order valence-corrected chi connectivity index (χ4v) is 3.39. The molecule has 0 saturated carbocycles. The summed E-state index contributed by atoms with van der Waals surface area (Å²) in [6.45, 7) is 2.48. The molecule has 0 bridgehead atoms. The smallest absolute Gasteiger partial charge is 0.328 e. The van der Waals surface area contributed by atoms with Crippen LogP contribution in [0.25, 0.3) is 33.7 Å². The maximum absolute atomic E-state index is 12.7. The van der Waals surface area contributed by atoms with Gasteiger partial charge in [0.2, 0.25) is 5.82 Å². The number of hydrogen-bond acceptors (Lipinski definition) is 5. The summed E-state index contributed by atoms with van der Waals surface area (Å²) in [5, 5.41) is 5.01. The summed E-state index contributed by atoms with van der Waals surface area (Å²) >= 11 is 6.01. The topological polar surface area (TPSA) is 93.8 Å². The lowest BCUT2D eigenvalue weighted by Gasteiger charge is -2.06. The van der Waals surface area contributed by atoms with Crippen LogP contribution in [-0.2, 0) is 6.54 Å². The standard InChI is InChI=1S/C21H19ClN4O3/c1-2-3-4-10-26-20(27)16-9-8-14(12-17(16)23-21(26)28)19-24-18(25-29-19)13-6-5-7-15(22)11-13/h5-9,11-12H,2-4,10H2,1H3,(H,23,28). The SMILES string of the molecule is CCCCCn1c(=O)[nH]c2cc(-c3nc(-c4cccc(Cl)c4)no3)ccc2c1=O. The minimum Gasteiger partial charge on any atom is -0.334 e. The zero-order valence-electron chi connectivity index (χ0n) is 15.8. The second-order valence-electron chi connectivity index (χ2n) is 6.79. The van der Waals surface area contributed by atoms with Crippen molar-refractivity contribution in [3.05, 3.63) is 68.3 Å². The lowest BCUT2D eigenvalue weighted by atomic mass is 10.1. The Balaban J connectivity index is 1.70. The molecule has 1 N–H and O–H groups in total. The molecule has 8 heteroatoms. The van der Waals surface area contributed by atoms with Gasteiger partial charge in [-0.15, -0.1) is 0 Å². The highest BCUT2D eigenvalue weighted by Gasteiger charge is 2.14. The second-order valence-corrected chi connectivity index (χ2v) is 7.22. The predicted molar refractivity (Wildman–Crippen MR) is 112 cm³/mol. The van der Waals surface area contributed by atoms with E-state index in [0.717, 1.165) is 24.8 Å². The Morgan fingerprint density at radius 3 is 2.76 bits per heavy atom. The van der Waals surface area contributed by atoms with E-state index in [1.807, 2.05) is 6.07 Å². The van der Waals surface area contributed by atoms with Gasteiger partial charge in [0.1, 0.15) is 0 Å². The zero-order valence-corrected chi connectivity index (χ0v) is 16.6. The van der Waals surface area contributed by atoms with Crippen molar-refractivity contribution in [2.24, 2.45) is 0 Å². The van der Waals surface area contributed by atoms with E-state index in [4.69, 9.17) is 16.1 Å². The highest BCUT2D eigenvalue weighted by Crippen LogP contribution is 2.25. The third-order valence-electron chi connectivity index (χ3n) is 4.72. The molecule has 2 heterocycles. The number of halogens is 1. The maximum atomic E-state index is 12.7. The first-order valence-corrected chi connectivity index (χ1v) is 9.81. The lowest BCUT2D eigenvalue weighted by Crippen LogP contribution is -2.35. The molecule has 2 aromatic heterocycles. The number of aromatic nitrogens is 4. The van der Waals surface area contributed by atoms with Crippen molar-refractivity contribution in [3.63, 3.8) is 0 Å². The molecule has 0 amide bonds. The summed E-state index contributed by atoms with van der Waals surface area (Å²) in [6, 6.07) is 12.2. The molecule has 29 heavy (non-hydrogen) atoms. The molecular weight excluding hydrogens is 392 g/mol. The highest BCUT2D eigenvalue weighted by molar-refractivity contribution is 6.30. The molecule has 7 nitrogen and oxygen atoms in total. The molecule has 0 aliphatic rings. The Bertz CT molecular complexity index is 1290. The van der Waals surface area contributed by atoms with Gasteiger partial charge in [0.05, 0.1) is 10.9 Å². The van der Waals surface area contributed by atoms with E-state index in [1.54, 1.807) is 36.4 Å². The Morgan fingerprint density at radius 2 is 1.97 bits per heavy atom. The van der Waals surface area contributed by atoms with Crippen molar-refractivity contribution < 1.29 is 4.52 Å². The van der Waals surface area contributed by atoms with Crippen LogP contribution in [-0.4, -0.2) is 19.7 Å². The van der Waals surface area contributed by atoms with Gasteiger partial charge in [0.25, 0.3) is 11.4 Å². The fourth-order valence-electron chi connectivity index (χ4n) is 3.20. The zero-order chi connectivity index (χ0) is 20.4. The molecule has 0 aliphatic heterocycles. The molecular formula is C21H19ClN4O3. The summed E-state index contributed by atoms with van der Waals surface area (Å²) in [4.78, 5) is 32.2. The van der Waals surface area contributed by atoms with E-state index < -0.39 is 5.69 Å². The Morgan fingerprint density at radius 1 is 1.10 bits per heavy atom. The monoisotopic (exact) mass is 410 g/mol. The molecule has 2 aromatic carbocycles. The van der Waals surface area contributed by atoms with Gasteiger partial charge in [0.15, 0.2) is 0 Å². The molecule has 4 aromatic rings. The molecule has 0 unspecified atom stereocenters. The fraction of sp³-hybridized carbons (Fsp3) is 0.238.